The Kier molecular flexibility index (Phi) is 3.95. The van der Waals surface area contributed by atoms with E-state index in [4.69, 9.17) is 0 Å². The van der Waals surface area contributed by atoms with Gasteiger partial charge in [-0.25, -0.2) is 0 Å². The first kappa shape index (κ1) is 9.02. The van der Waals surface area contributed by atoms with Gasteiger partial charge in [0, 0.05) is 11.3 Å². The van der Waals surface area contributed by atoms with Gasteiger partial charge in [-0.2, -0.15) is 0 Å². The third-order valence-corrected chi connectivity index (χ3v) is 1.41. The summed E-state index contributed by atoms with van der Waals surface area (Å²) in [7, 11) is 0. The van der Waals surface area contributed by atoms with E-state index in [1.807, 2.05) is 6.92 Å². The molecule has 0 saturated carbocycles. The van der Waals surface area contributed by atoms with E-state index in [2.05, 4.69) is 31.3 Å². The molecular formula is C7H14NS. The Hall–Kier alpha value is 0.0200. The molecule has 53 valence electrons. The van der Waals surface area contributed by atoms with Crippen molar-refractivity contribution in [3.63, 3.8) is 0 Å². The fourth-order valence-corrected chi connectivity index (χ4v) is 0.701. The van der Waals surface area contributed by atoms with Crippen LogP contribution >= 0.6 is 11.8 Å². The fourth-order valence-electron chi connectivity index (χ4n) is 0.234. The van der Waals surface area contributed by atoms with Crippen LogP contribution in [0.25, 0.3) is 0 Å². The van der Waals surface area contributed by atoms with Crippen molar-refractivity contribution < 1.29 is 0 Å². The van der Waals surface area contributed by atoms with Crippen LogP contribution < -0.4 is 0 Å². The fraction of sp³-hybridized carbons (Fsp3) is 0.857. The number of nitrogens with zero attached hydrogens (tertiary/aromatic N) is 1. The lowest BCUT2D eigenvalue weighted by Gasteiger charge is -2.12. The van der Waals surface area contributed by atoms with Crippen molar-refractivity contribution in [2.24, 2.45) is 4.99 Å². The number of hydrogen-bond acceptors (Lipinski definition) is 2. The van der Waals surface area contributed by atoms with Gasteiger partial charge in [0.25, 0.3) is 0 Å². The van der Waals surface area contributed by atoms with E-state index >= 15 is 0 Å². The molecule has 0 aromatic heterocycles. The minimum atomic E-state index is 0.263. The molecule has 0 unspecified atom stereocenters. The molecule has 0 aromatic rings. The Bertz CT molecular complexity index is 91.6. The first-order valence-corrected chi connectivity index (χ1v) is 3.97. The van der Waals surface area contributed by atoms with Gasteiger partial charge in [0.2, 0.25) is 0 Å². The molecule has 0 amide bonds. The molecule has 1 radical (unpaired) electrons. The molecule has 0 aliphatic rings. The molecule has 0 N–H and O–H groups in total. The Balaban J connectivity index is 3.38. The zero-order chi connectivity index (χ0) is 7.33. The number of thioether (sulfide) groups is 1. The van der Waals surface area contributed by atoms with Crippen LogP contribution in [0.15, 0.2) is 4.99 Å². The molecule has 0 saturated heterocycles. The number of hydrogen-bond donors (Lipinski definition) is 0. The molecule has 0 spiro atoms. The Morgan fingerprint density at radius 2 is 2.00 bits per heavy atom. The zero-order valence-corrected chi connectivity index (χ0v) is 7.38. The summed E-state index contributed by atoms with van der Waals surface area (Å²) in [6.45, 7) is 9.29. The summed E-state index contributed by atoms with van der Waals surface area (Å²) in [4.78, 5) is 3.97. The van der Waals surface area contributed by atoms with Crippen LogP contribution in [-0.4, -0.2) is 16.8 Å². The molecule has 0 atom stereocenters. The van der Waals surface area contributed by atoms with Crippen molar-refractivity contribution in [1.29, 1.82) is 0 Å². The van der Waals surface area contributed by atoms with Crippen molar-refractivity contribution in [2.75, 3.05) is 6.54 Å². The van der Waals surface area contributed by atoms with Crippen molar-refractivity contribution >= 4 is 17.3 Å². The molecular weight excluding hydrogens is 130 g/mol. The van der Waals surface area contributed by atoms with Crippen LogP contribution in [-0.2, 0) is 0 Å². The van der Waals surface area contributed by atoms with E-state index in [9.17, 15) is 0 Å². The van der Waals surface area contributed by atoms with E-state index in [1.54, 1.807) is 11.8 Å². The van der Waals surface area contributed by atoms with Crippen LogP contribution in [0.5, 0.6) is 0 Å². The van der Waals surface area contributed by atoms with Gasteiger partial charge in [-0.15, -0.1) is 0 Å². The Morgan fingerprint density at radius 1 is 1.44 bits per heavy atom. The zero-order valence-electron chi connectivity index (χ0n) is 6.56. The molecule has 0 aromatic carbocycles. The Morgan fingerprint density at radius 3 is 2.33 bits per heavy atom. The van der Waals surface area contributed by atoms with Crippen LogP contribution in [0.1, 0.15) is 27.7 Å². The highest BCUT2D eigenvalue weighted by Gasteiger charge is 2.07. The van der Waals surface area contributed by atoms with Gasteiger partial charge in [0.05, 0.1) is 0 Å². The first-order valence-electron chi connectivity index (χ1n) is 3.16. The monoisotopic (exact) mass is 144 g/mol. The van der Waals surface area contributed by atoms with E-state index < -0.39 is 0 Å². The standard InChI is InChI=1S/C7H14NS/c1-5-8-6-9-7(2,3)4/h5H2,1-4H3. The number of aliphatic imine (C=N–C) groups is 1. The summed E-state index contributed by atoms with van der Waals surface area (Å²) in [5.41, 5.74) is 2.92. The van der Waals surface area contributed by atoms with Gasteiger partial charge < -0.3 is 0 Å². The highest BCUT2D eigenvalue weighted by molar-refractivity contribution is 8.13. The van der Waals surface area contributed by atoms with Crippen LogP contribution in [0.2, 0.25) is 0 Å². The number of rotatable bonds is 2. The van der Waals surface area contributed by atoms with Crippen LogP contribution in [0, 0.1) is 0 Å². The summed E-state index contributed by atoms with van der Waals surface area (Å²) in [5.74, 6) is 0. The normalized spacial score (nSPS) is 12.9. The summed E-state index contributed by atoms with van der Waals surface area (Å²) >= 11 is 1.64. The second-order valence-corrected chi connectivity index (χ2v) is 4.39. The average molecular weight is 144 g/mol. The smallest absolute Gasteiger partial charge is 0.123 e. The summed E-state index contributed by atoms with van der Waals surface area (Å²) in [6.07, 6.45) is 0. The minimum Gasteiger partial charge on any atom is -0.276 e. The first-order chi connectivity index (χ1) is 4.06. The molecule has 0 fully saturated rings. The lowest BCUT2D eigenvalue weighted by atomic mass is 10.3. The van der Waals surface area contributed by atoms with Crippen molar-refractivity contribution in [3.05, 3.63) is 0 Å². The maximum atomic E-state index is 3.97. The second-order valence-electron chi connectivity index (χ2n) is 2.78. The summed E-state index contributed by atoms with van der Waals surface area (Å²) in [6, 6.07) is 0. The van der Waals surface area contributed by atoms with Crippen molar-refractivity contribution in [2.45, 2.75) is 32.4 Å². The quantitative estimate of drug-likeness (QED) is 0.428. The van der Waals surface area contributed by atoms with Crippen molar-refractivity contribution in [1.82, 2.24) is 0 Å². The van der Waals surface area contributed by atoms with Gasteiger partial charge in [-0.3, -0.25) is 4.99 Å². The van der Waals surface area contributed by atoms with Crippen LogP contribution in [0.4, 0.5) is 0 Å². The molecule has 1 nitrogen and oxygen atoms in total. The van der Waals surface area contributed by atoms with Gasteiger partial charge in [-0.05, 0) is 6.92 Å². The largest absolute Gasteiger partial charge is 0.276 e. The predicted octanol–water partition coefficient (Wildman–Crippen LogP) is 2.44. The maximum Gasteiger partial charge on any atom is 0.123 e. The molecule has 0 aliphatic carbocycles. The molecule has 0 heterocycles. The average Bonchev–Trinajstić information content (AvgIpc) is 1.63. The van der Waals surface area contributed by atoms with Gasteiger partial charge in [-0.1, -0.05) is 32.5 Å². The minimum absolute atomic E-state index is 0.263. The van der Waals surface area contributed by atoms with E-state index in [0.29, 0.717) is 0 Å². The van der Waals surface area contributed by atoms with Crippen molar-refractivity contribution in [3.8, 4) is 0 Å². The van der Waals surface area contributed by atoms with Gasteiger partial charge >= 0.3 is 0 Å². The molecule has 9 heavy (non-hydrogen) atoms. The van der Waals surface area contributed by atoms with Gasteiger partial charge in [0.1, 0.15) is 5.55 Å². The molecule has 0 bridgehead atoms. The maximum absolute atomic E-state index is 3.97. The summed E-state index contributed by atoms with van der Waals surface area (Å²) in [5, 5.41) is 0. The van der Waals surface area contributed by atoms with E-state index in [-0.39, 0.29) is 4.75 Å². The predicted molar refractivity (Wildman–Crippen MR) is 45.3 cm³/mol. The van der Waals surface area contributed by atoms with E-state index in [0.717, 1.165) is 6.54 Å². The molecule has 2 heteroatoms. The topological polar surface area (TPSA) is 12.4 Å². The molecule has 0 rings (SSSR count). The van der Waals surface area contributed by atoms with E-state index in [1.165, 1.54) is 0 Å². The third kappa shape index (κ3) is 8.02. The highest BCUT2D eigenvalue weighted by atomic mass is 32.2. The third-order valence-electron chi connectivity index (χ3n) is 0.574. The Labute approximate surface area is 61.9 Å². The second kappa shape index (κ2) is 3.94. The molecule has 0 aliphatic heterocycles. The van der Waals surface area contributed by atoms with Crippen LogP contribution in [0.3, 0.4) is 0 Å². The lowest BCUT2D eigenvalue weighted by molar-refractivity contribution is 0.809. The lowest BCUT2D eigenvalue weighted by Crippen LogP contribution is -2.06. The highest BCUT2D eigenvalue weighted by Crippen LogP contribution is 2.19. The summed E-state index contributed by atoms with van der Waals surface area (Å²) < 4.78 is 0.263. The van der Waals surface area contributed by atoms with Gasteiger partial charge in [0.15, 0.2) is 0 Å². The SMILES string of the molecule is CCN=[C]SC(C)(C)C.